The van der Waals surface area contributed by atoms with Gasteiger partial charge in [0.25, 0.3) is 5.69 Å². The van der Waals surface area contributed by atoms with Gasteiger partial charge in [0.2, 0.25) is 6.23 Å². The van der Waals surface area contributed by atoms with E-state index in [4.69, 9.17) is 21.4 Å². The number of rotatable bonds is 4. The van der Waals surface area contributed by atoms with Crippen LogP contribution in [-0.2, 0) is 6.42 Å². The maximum absolute atomic E-state index is 11.4. The normalized spacial score (nSPS) is 19.3. The van der Waals surface area contributed by atoms with E-state index in [-0.39, 0.29) is 16.8 Å². The van der Waals surface area contributed by atoms with Crippen molar-refractivity contribution in [2.75, 3.05) is 0 Å². The van der Waals surface area contributed by atoms with Crippen molar-refractivity contribution >= 4 is 23.0 Å². The van der Waals surface area contributed by atoms with Crippen molar-refractivity contribution in [1.82, 2.24) is 5.01 Å². The van der Waals surface area contributed by atoms with Crippen LogP contribution in [0.25, 0.3) is 0 Å². The van der Waals surface area contributed by atoms with Crippen LogP contribution in [0.3, 0.4) is 0 Å². The van der Waals surface area contributed by atoms with Gasteiger partial charge < -0.3 is 4.74 Å². The molecule has 2 atom stereocenters. The molecule has 0 amide bonds. The van der Waals surface area contributed by atoms with Crippen molar-refractivity contribution in [3.8, 4) is 5.75 Å². The number of hydrogen-bond acceptors (Lipinski definition) is 5. The largest absolute Gasteiger partial charge is 0.464 e. The van der Waals surface area contributed by atoms with Crippen LogP contribution in [0.5, 0.6) is 5.75 Å². The highest BCUT2D eigenvalue weighted by molar-refractivity contribution is 6.32. The number of nitrogens with zero attached hydrogens (tertiary/aromatic N) is 3. The zero-order chi connectivity index (χ0) is 21.5. The zero-order valence-corrected chi connectivity index (χ0v) is 17.6. The van der Waals surface area contributed by atoms with E-state index in [0.29, 0.717) is 5.56 Å². The maximum atomic E-state index is 11.4. The molecule has 2 heterocycles. The summed E-state index contributed by atoms with van der Waals surface area (Å²) in [4.78, 5) is 10.9. The first-order valence-electron chi connectivity index (χ1n) is 10.2. The van der Waals surface area contributed by atoms with Gasteiger partial charge in [0.05, 0.1) is 16.7 Å². The quantitative estimate of drug-likeness (QED) is 0.371. The molecule has 2 aliphatic rings. The molecule has 0 aliphatic carbocycles. The summed E-state index contributed by atoms with van der Waals surface area (Å²) < 4.78 is 6.28. The third-order valence-electron chi connectivity index (χ3n) is 5.85. The average Bonchev–Trinajstić information content (AvgIpc) is 3.24. The Hall–Kier alpha value is -3.38. The van der Waals surface area contributed by atoms with Crippen molar-refractivity contribution in [3.05, 3.63) is 104 Å². The number of benzene rings is 3. The van der Waals surface area contributed by atoms with Gasteiger partial charge >= 0.3 is 0 Å². The monoisotopic (exact) mass is 433 g/mol. The first-order valence-corrected chi connectivity index (χ1v) is 10.6. The summed E-state index contributed by atoms with van der Waals surface area (Å²) in [5, 5.41) is 18.3. The standard InChI is InChI=1S/C24H20ClN3O3/c1-2-15-7-9-16(10-8-15)20-14-21-18-5-3-4-6-23(18)31-24(27(21)26-20)17-11-12-19(25)22(13-17)28(29)30/h3-13,21,24H,2,14H2,1H3/t21-,24+/m0/s1. The van der Waals surface area contributed by atoms with E-state index in [1.54, 1.807) is 6.07 Å². The lowest BCUT2D eigenvalue weighted by molar-refractivity contribution is -0.384. The molecule has 7 heteroatoms. The molecule has 0 spiro atoms. The number of ether oxygens (including phenoxy) is 1. The number of nitro benzene ring substituents is 1. The lowest BCUT2D eigenvalue weighted by atomic mass is 9.95. The van der Waals surface area contributed by atoms with Crippen LogP contribution in [0.4, 0.5) is 5.69 Å². The van der Waals surface area contributed by atoms with Crippen molar-refractivity contribution in [3.63, 3.8) is 0 Å². The molecule has 0 saturated carbocycles. The molecule has 156 valence electrons. The first-order chi connectivity index (χ1) is 15.0. The fourth-order valence-electron chi connectivity index (χ4n) is 4.18. The topological polar surface area (TPSA) is 68.0 Å². The first kappa shape index (κ1) is 19.6. The number of fused-ring (bicyclic) bond motifs is 3. The fourth-order valence-corrected chi connectivity index (χ4v) is 4.37. The van der Waals surface area contributed by atoms with Crippen LogP contribution in [0.2, 0.25) is 5.02 Å². The predicted octanol–water partition coefficient (Wildman–Crippen LogP) is 6.05. The Labute approximate surface area is 184 Å². The van der Waals surface area contributed by atoms with Gasteiger partial charge in [-0.25, -0.2) is 5.01 Å². The van der Waals surface area contributed by atoms with Gasteiger partial charge in [0.1, 0.15) is 10.8 Å². The lowest BCUT2D eigenvalue weighted by Gasteiger charge is -2.38. The van der Waals surface area contributed by atoms with Gasteiger partial charge in [-0.2, -0.15) is 5.10 Å². The van der Waals surface area contributed by atoms with Gasteiger partial charge in [-0.3, -0.25) is 10.1 Å². The van der Waals surface area contributed by atoms with Crippen molar-refractivity contribution in [2.45, 2.75) is 32.0 Å². The Morgan fingerprint density at radius 2 is 1.94 bits per heavy atom. The minimum absolute atomic E-state index is 0.00876. The Morgan fingerprint density at radius 1 is 1.16 bits per heavy atom. The molecule has 0 bridgehead atoms. The number of halogens is 1. The molecule has 0 unspecified atom stereocenters. The second kappa shape index (κ2) is 7.71. The Balaban J connectivity index is 1.58. The second-order valence-electron chi connectivity index (χ2n) is 7.67. The molecule has 0 radical (unpaired) electrons. The minimum atomic E-state index is -0.580. The highest BCUT2D eigenvalue weighted by Gasteiger charge is 2.41. The number of hydrogen-bond donors (Lipinski definition) is 0. The second-order valence-corrected chi connectivity index (χ2v) is 8.08. The number of para-hydroxylation sites is 1. The molecule has 0 aromatic heterocycles. The molecule has 3 aromatic carbocycles. The van der Waals surface area contributed by atoms with Crippen LogP contribution >= 0.6 is 11.6 Å². The fraction of sp³-hybridized carbons (Fsp3) is 0.208. The van der Waals surface area contributed by atoms with Gasteiger partial charge in [-0.05, 0) is 29.7 Å². The average molecular weight is 434 g/mol. The summed E-state index contributed by atoms with van der Waals surface area (Å²) in [6.45, 7) is 2.13. The highest BCUT2D eigenvalue weighted by Crippen LogP contribution is 2.48. The summed E-state index contributed by atoms with van der Waals surface area (Å²) in [6, 6.07) is 21.1. The van der Waals surface area contributed by atoms with E-state index in [1.807, 2.05) is 29.3 Å². The lowest BCUT2D eigenvalue weighted by Crippen LogP contribution is -2.33. The number of nitro groups is 1. The van der Waals surface area contributed by atoms with E-state index >= 15 is 0 Å². The van der Waals surface area contributed by atoms with E-state index in [9.17, 15) is 10.1 Å². The van der Waals surface area contributed by atoms with Gasteiger partial charge in [-0.1, -0.05) is 67.1 Å². The highest BCUT2D eigenvalue weighted by atomic mass is 35.5. The van der Waals surface area contributed by atoms with Crippen LogP contribution in [0, 0.1) is 10.1 Å². The maximum Gasteiger partial charge on any atom is 0.288 e. The minimum Gasteiger partial charge on any atom is -0.464 e. The summed E-state index contributed by atoms with van der Waals surface area (Å²) >= 11 is 6.03. The SMILES string of the molecule is CCc1ccc(C2=NN3[C@@H](c4ccc(Cl)c([N+](=O)[O-])c4)Oc4ccccc4[C@@H]3C2)cc1. The van der Waals surface area contributed by atoms with Crippen LogP contribution in [0.1, 0.15) is 47.9 Å². The predicted molar refractivity (Wildman–Crippen MR) is 119 cm³/mol. The Kier molecular flexibility index (Phi) is 4.87. The third-order valence-corrected chi connectivity index (χ3v) is 6.17. The van der Waals surface area contributed by atoms with Crippen LogP contribution in [0.15, 0.2) is 71.8 Å². The Bertz CT molecular complexity index is 1190. The molecule has 2 aliphatic heterocycles. The third kappa shape index (κ3) is 3.43. The van der Waals surface area contributed by atoms with Crippen LogP contribution in [-0.4, -0.2) is 15.6 Å². The number of hydrazone groups is 1. The van der Waals surface area contributed by atoms with E-state index in [1.165, 1.54) is 17.7 Å². The Morgan fingerprint density at radius 3 is 2.68 bits per heavy atom. The van der Waals surface area contributed by atoms with Gasteiger partial charge in [0, 0.05) is 23.6 Å². The van der Waals surface area contributed by atoms with E-state index < -0.39 is 11.2 Å². The van der Waals surface area contributed by atoms with Crippen LogP contribution < -0.4 is 4.74 Å². The number of aryl methyl sites for hydroxylation is 1. The van der Waals surface area contributed by atoms with E-state index in [2.05, 4.69) is 31.2 Å². The van der Waals surface area contributed by atoms with Crippen molar-refractivity contribution < 1.29 is 9.66 Å². The smallest absolute Gasteiger partial charge is 0.288 e. The zero-order valence-electron chi connectivity index (χ0n) is 16.9. The van der Waals surface area contributed by atoms with Gasteiger partial charge in [-0.15, -0.1) is 0 Å². The van der Waals surface area contributed by atoms with Crippen molar-refractivity contribution in [2.24, 2.45) is 5.10 Å². The van der Waals surface area contributed by atoms with Gasteiger partial charge in [0.15, 0.2) is 0 Å². The molecular weight excluding hydrogens is 414 g/mol. The molecule has 31 heavy (non-hydrogen) atoms. The molecule has 3 aromatic rings. The summed E-state index contributed by atoms with van der Waals surface area (Å²) in [6.07, 6.45) is 1.14. The van der Waals surface area contributed by atoms with Crippen molar-refractivity contribution in [1.29, 1.82) is 0 Å². The van der Waals surface area contributed by atoms with E-state index in [0.717, 1.165) is 35.4 Å². The molecule has 6 nitrogen and oxygen atoms in total. The molecule has 0 N–H and O–H groups in total. The summed E-state index contributed by atoms with van der Waals surface area (Å²) in [5.41, 5.74) is 4.89. The summed E-state index contributed by atoms with van der Waals surface area (Å²) in [5.74, 6) is 0.768. The molecular formula is C24H20ClN3O3. The molecule has 5 rings (SSSR count). The molecule has 0 saturated heterocycles. The summed E-state index contributed by atoms with van der Waals surface area (Å²) in [7, 11) is 0. The molecule has 0 fully saturated rings.